The van der Waals surface area contributed by atoms with E-state index in [0.29, 0.717) is 91.7 Å². The Morgan fingerprint density at radius 1 is 0.370 bits per heavy atom. The van der Waals surface area contributed by atoms with Crippen LogP contribution in [0, 0.1) is 76.6 Å². The number of rotatable bonds is 25. The summed E-state index contributed by atoms with van der Waals surface area (Å²) >= 11 is 0. The lowest BCUT2D eigenvalue weighted by Gasteiger charge is -2.37. The van der Waals surface area contributed by atoms with Gasteiger partial charge in [0.15, 0.2) is 0 Å². The number of hydrogen-bond acceptors (Lipinski definition) is 15. The van der Waals surface area contributed by atoms with Crippen molar-refractivity contribution in [2.45, 2.75) is 123 Å². The van der Waals surface area contributed by atoms with E-state index in [-0.39, 0.29) is 53.0 Å². The Labute approximate surface area is 805 Å². The smallest absolute Gasteiger partial charge is 0.410 e. The van der Waals surface area contributed by atoms with Crippen molar-refractivity contribution in [1.82, 2.24) is 71.9 Å². The van der Waals surface area contributed by atoms with Gasteiger partial charge in [-0.3, -0.25) is 39.6 Å². The SMILES string of the molecule is CC(C)(C)OC(=O)N1CCN(c2ccc(C(=O)NCCCc3cn[nH]c3)cc2C#Cc2ccc(F)cc2)CC1.CCC1CCCN(c2ccc(C(=O)NCCCc3cn[nH]c3)cc2C#Cc2ccc(F)cc2)C1.CN1CCN(c2ccc(C(=O)NCCCc3cn[nH]c3)cc2C#Cc2ccc(F)cc2)CC1.O=C(NCCCc1cn[nH]c1)c1ccc(N2CCCCC2)c(C#Cc2ccc(F)cc2)c1. The second-order valence-corrected chi connectivity index (χ2v) is 35.5. The Morgan fingerprint density at radius 3 is 0.949 bits per heavy atom. The number of halogens is 4. The van der Waals surface area contributed by atoms with Crippen LogP contribution in [0.2, 0.25) is 0 Å². The molecule has 0 radical (unpaired) electrons. The van der Waals surface area contributed by atoms with Gasteiger partial charge in [0.1, 0.15) is 28.9 Å². The molecule has 16 rings (SSSR count). The number of H-pyrrole nitrogens is 4. The third-order valence-electron chi connectivity index (χ3n) is 24.0. The fourth-order valence-electron chi connectivity index (χ4n) is 16.2. The number of nitrogens with one attached hydrogen (secondary N) is 8. The van der Waals surface area contributed by atoms with Crippen LogP contribution in [-0.2, 0) is 30.4 Å². The topological polar surface area (TPSA) is 277 Å². The molecule has 0 bridgehead atoms. The van der Waals surface area contributed by atoms with Crippen molar-refractivity contribution in [3.63, 3.8) is 0 Å². The summed E-state index contributed by atoms with van der Waals surface area (Å²) in [6, 6.07) is 47.1. The highest BCUT2D eigenvalue weighted by Gasteiger charge is 2.29. The van der Waals surface area contributed by atoms with Gasteiger partial charge in [0.2, 0.25) is 0 Å². The van der Waals surface area contributed by atoms with E-state index in [1.54, 1.807) is 90.4 Å². The Morgan fingerprint density at radius 2 is 0.659 bits per heavy atom. The summed E-state index contributed by atoms with van der Waals surface area (Å²) in [5.74, 6) is 24.3. The lowest BCUT2D eigenvalue weighted by atomic mass is 9.94. The monoisotopic (exact) mass is 1860 g/mol. The molecule has 714 valence electrons. The molecule has 28 heteroatoms. The van der Waals surface area contributed by atoms with Gasteiger partial charge in [-0.25, -0.2) is 22.4 Å². The number of ether oxygens (including phenoxy) is 1. The van der Waals surface area contributed by atoms with Crippen molar-refractivity contribution in [1.29, 1.82) is 0 Å². The maximum absolute atomic E-state index is 13.3. The standard InChI is InChI=1S/C30H34FN5O3.C28H31FN4O.C26H28FN5O.C26H27FN4O/c1-30(2,3)39-29(38)36-17-15-35(16-18-36)27-13-10-25(28(37)32-14-4-5-23-20-33-34-21-23)19-24(27)9-6-22-7-11-26(31)12-8-22;1-2-21-6-4-16-33(20-21)27-14-11-25(28(34)30-15-3-5-23-18-31-32-19-23)17-24(27)10-7-22-8-12-26(29)13-9-22;1-31-13-15-32(16-14-31)25-11-8-23(26(33)28-12-2-3-21-18-29-30-19-21)17-22(25)7-4-20-5-9-24(27)10-6-20;27-24-11-7-20(8-12-24)6-9-22-17-23(10-13-25(22)31-15-2-1-3-16-31)26(32)28-14-4-5-21-18-29-30-19-21/h7-8,10-13,19-21H,4-5,14-18H2,1-3H3,(H,32,37)(H,33,34);8-9,11-14,17-19,21H,2-6,15-16,20H2,1H3,(H,30,34)(H,31,32);5-6,8-11,17-19H,2-3,12-16H2,1H3,(H,28,33)(H,29,30);7-8,10-13,17-19H,1-5,14-16H2,(H,28,32)(H,29,30). The number of piperidine rings is 2. The summed E-state index contributed by atoms with van der Waals surface area (Å²) in [6.07, 6.45) is 28.1. The Kier molecular flexibility index (Phi) is 37.5. The molecule has 1 atom stereocenters. The third kappa shape index (κ3) is 31.8. The van der Waals surface area contributed by atoms with Crippen LogP contribution < -0.4 is 40.9 Å². The van der Waals surface area contributed by atoms with Crippen LogP contribution in [0.3, 0.4) is 0 Å². The molecule has 0 saturated carbocycles. The number of hydrogen-bond donors (Lipinski definition) is 8. The summed E-state index contributed by atoms with van der Waals surface area (Å²) in [6.45, 7) is 20.1. The fourth-order valence-corrected chi connectivity index (χ4v) is 16.2. The van der Waals surface area contributed by atoms with Gasteiger partial charge in [0.25, 0.3) is 23.6 Å². The van der Waals surface area contributed by atoms with Gasteiger partial charge in [0, 0.05) is 196 Å². The Bertz CT molecular complexity index is 6200. The molecule has 0 aliphatic carbocycles. The van der Waals surface area contributed by atoms with Gasteiger partial charge in [-0.2, -0.15) is 20.4 Å². The number of nitrogens with zero attached hydrogens (tertiary/aromatic N) is 10. The predicted molar refractivity (Wildman–Crippen MR) is 533 cm³/mol. The first-order valence-corrected chi connectivity index (χ1v) is 47.4. The van der Waals surface area contributed by atoms with E-state index < -0.39 is 5.60 Å². The molecule has 4 aliphatic heterocycles. The molecular weight excluding hydrogens is 1750 g/mol. The maximum Gasteiger partial charge on any atom is 0.410 e. The van der Waals surface area contributed by atoms with E-state index in [1.807, 2.05) is 106 Å². The van der Waals surface area contributed by atoms with Gasteiger partial charge in [-0.15, -0.1) is 0 Å². The van der Waals surface area contributed by atoms with E-state index in [9.17, 15) is 41.5 Å². The van der Waals surface area contributed by atoms with Crippen molar-refractivity contribution in [3.05, 3.63) is 332 Å². The van der Waals surface area contributed by atoms with Crippen LogP contribution in [-0.4, -0.2) is 198 Å². The van der Waals surface area contributed by atoms with Gasteiger partial charge >= 0.3 is 6.09 Å². The van der Waals surface area contributed by atoms with Crippen LogP contribution in [0.25, 0.3) is 0 Å². The summed E-state index contributed by atoms with van der Waals surface area (Å²) in [5, 5.41) is 38.9. The lowest BCUT2D eigenvalue weighted by Crippen LogP contribution is -2.50. The molecule has 138 heavy (non-hydrogen) atoms. The molecule has 4 fully saturated rings. The molecule has 24 nitrogen and oxygen atoms in total. The van der Waals surface area contributed by atoms with Crippen molar-refractivity contribution < 1.29 is 46.3 Å². The quantitative estimate of drug-likeness (QED) is 0.0150. The number of carbonyl (C=O) groups excluding carboxylic acids is 5. The van der Waals surface area contributed by atoms with Gasteiger partial charge in [-0.05, 0) is 309 Å². The second-order valence-electron chi connectivity index (χ2n) is 35.5. The van der Waals surface area contributed by atoms with Crippen molar-refractivity contribution >= 4 is 52.5 Å². The van der Waals surface area contributed by atoms with Crippen molar-refractivity contribution in [3.8, 4) is 47.4 Å². The average molecular weight is 1870 g/mol. The van der Waals surface area contributed by atoms with E-state index in [2.05, 4.69) is 148 Å². The molecule has 8 heterocycles. The van der Waals surface area contributed by atoms with Crippen LogP contribution in [0.5, 0.6) is 0 Å². The highest BCUT2D eigenvalue weighted by Crippen LogP contribution is 2.32. The molecule has 4 aromatic heterocycles. The summed E-state index contributed by atoms with van der Waals surface area (Å²) in [4.78, 5) is 76.9. The number of aromatic nitrogens is 8. The molecule has 4 saturated heterocycles. The first kappa shape index (κ1) is 100. The Balaban J connectivity index is 0.000000156. The molecule has 4 aliphatic rings. The highest BCUT2D eigenvalue weighted by molar-refractivity contribution is 5.97. The Hall–Kier alpha value is -15.1. The second kappa shape index (κ2) is 51.5. The number of carbonyl (C=O) groups is 5. The van der Waals surface area contributed by atoms with Gasteiger partial charge in [-0.1, -0.05) is 60.7 Å². The van der Waals surface area contributed by atoms with Crippen molar-refractivity contribution in [2.24, 2.45) is 5.92 Å². The number of likely N-dealkylation sites (N-methyl/N-ethyl adjacent to an activating group) is 1. The normalized spacial score (nSPS) is 14.0. The first-order chi connectivity index (χ1) is 67.1. The fraction of sp³-hybridized carbons (Fsp3) is 0.336. The number of amides is 5. The summed E-state index contributed by atoms with van der Waals surface area (Å²) in [7, 11) is 2.12. The summed E-state index contributed by atoms with van der Waals surface area (Å²) < 4.78 is 58.6. The molecular formula is C110H120F4N18O6. The van der Waals surface area contributed by atoms with Crippen LogP contribution in [0.15, 0.2) is 219 Å². The number of benzene rings is 8. The third-order valence-corrected chi connectivity index (χ3v) is 24.0. The van der Waals surface area contributed by atoms with E-state index >= 15 is 0 Å². The highest BCUT2D eigenvalue weighted by atomic mass is 19.1. The molecule has 0 spiro atoms. The van der Waals surface area contributed by atoms with Crippen molar-refractivity contribution in [2.75, 3.05) is 131 Å². The van der Waals surface area contributed by atoms with E-state index in [0.717, 1.165) is 208 Å². The lowest BCUT2D eigenvalue weighted by molar-refractivity contribution is 0.0240. The zero-order chi connectivity index (χ0) is 96.8. The number of anilines is 4. The minimum absolute atomic E-state index is 0.103. The van der Waals surface area contributed by atoms with Crippen LogP contribution >= 0.6 is 0 Å². The molecule has 8 aromatic carbocycles. The van der Waals surface area contributed by atoms with E-state index in [1.165, 1.54) is 61.4 Å². The summed E-state index contributed by atoms with van der Waals surface area (Å²) in [5.41, 5.74) is 16.3. The van der Waals surface area contributed by atoms with Crippen LogP contribution in [0.1, 0.15) is 200 Å². The molecule has 1 unspecified atom stereocenters. The molecule has 8 N–H and O–H groups in total. The average Bonchev–Trinajstić information content (AvgIpc) is 0.872. The number of aromatic amines is 4. The van der Waals surface area contributed by atoms with Gasteiger partial charge in [0.05, 0.1) is 47.5 Å². The molecule has 12 aromatic rings. The molecule has 5 amide bonds. The van der Waals surface area contributed by atoms with E-state index in [4.69, 9.17) is 4.74 Å². The zero-order valence-corrected chi connectivity index (χ0v) is 79.0. The van der Waals surface area contributed by atoms with Gasteiger partial charge < -0.3 is 55.4 Å². The minimum atomic E-state index is -0.549. The maximum atomic E-state index is 13.3. The zero-order valence-electron chi connectivity index (χ0n) is 79.0. The first-order valence-electron chi connectivity index (χ1n) is 47.4. The predicted octanol–water partition coefficient (Wildman–Crippen LogP) is 16.7. The minimum Gasteiger partial charge on any atom is -0.444 e. The van der Waals surface area contributed by atoms with Crippen LogP contribution in [0.4, 0.5) is 45.1 Å². The number of aryl methyl sites for hydroxylation is 4. The number of piperazine rings is 2. The largest absolute Gasteiger partial charge is 0.444 e.